The third kappa shape index (κ3) is 4.35. The monoisotopic (exact) mass is 393 g/mol. The number of sulfonamides is 1. The van der Waals surface area contributed by atoms with Crippen molar-refractivity contribution in [2.45, 2.75) is 24.3 Å². The first-order valence-electron chi connectivity index (χ1n) is 8.26. The average molecular weight is 394 g/mol. The van der Waals surface area contributed by atoms with Gasteiger partial charge in [0.15, 0.2) is 0 Å². The molecule has 3 rings (SSSR count). The number of carbonyl (C=O) groups excluding carboxylic acids is 1. The summed E-state index contributed by atoms with van der Waals surface area (Å²) in [5.74, 6) is -0.280. The number of aryl methyl sites for hydroxylation is 1. The summed E-state index contributed by atoms with van der Waals surface area (Å²) in [5.41, 5.74) is 1.23. The van der Waals surface area contributed by atoms with E-state index in [1.807, 2.05) is 0 Å². The molecule has 1 fully saturated rings. The van der Waals surface area contributed by atoms with Gasteiger partial charge in [-0.15, -0.1) is 0 Å². The maximum Gasteiger partial charge on any atom is 0.262 e. The molecule has 1 aliphatic heterocycles. The van der Waals surface area contributed by atoms with E-state index in [0.29, 0.717) is 21.8 Å². The molecule has 1 amide bonds. The van der Waals surface area contributed by atoms with Crippen molar-refractivity contribution in [3.05, 3.63) is 58.6 Å². The summed E-state index contributed by atoms with van der Waals surface area (Å²) in [6.45, 7) is 3.27. The van der Waals surface area contributed by atoms with Gasteiger partial charge in [-0.1, -0.05) is 23.7 Å². The number of rotatable bonds is 5. The van der Waals surface area contributed by atoms with E-state index < -0.39 is 10.0 Å². The third-order valence-electron chi connectivity index (χ3n) is 4.21. The first-order chi connectivity index (χ1) is 12.3. The normalized spacial score (nSPS) is 17.1. The fourth-order valence-electron chi connectivity index (χ4n) is 2.84. The molecule has 3 N–H and O–H groups in total. The predicted molar refractivity (Wildman–Crippen MR) is 102 cm³/mol. The molecule has 1 unspecified atom stereocenters. The average Bonchev–Trinajstić information content (AvgIpc) is 3.07. The van der Waals surface area contributed by atoms with Gasteiger partial charge in [-0.3, -0.25) is 9.52 Å². The Balaban J connectivity index is 1.85. The molecule has 2 aromatic rings. The molecule has 138 valence electrons. The van der Waals surface area contributed by atoms with Crippen LogP contribution in [0, 0.1) is 6.92 Å². The molecule has 2 aromatic carbocycles. The van der Waals surface area contributed by atoms with Crippen LogP contribution in [0.2, 0.25) is 5.02 Å². The van der Waals surface area contributed by atoms with Crippen LogP contribution in [-0.4, -0.2) is 33.5 Å². The van der Waals surface area contributed by atoms with Crippen molar-refractivity contribution in [2.75, 3.05) is 17.8 Å². The fourth-order valence-corrected chi connectivity index (χ4v) is 4.35. The highest BCUT2D eigenvalue weighted by Crippen LogP contribution is 2.22. The molecule has 0 saturated carbocycles. The van der Waals surface area contributed by atoms with Crippen molar-refractivity contribution in [2.24, 2.45) is 0 Å². The number of amides is 1. The van der Waals surface area contributed by atoms with E-state index >= 15 is 0 Å². The molecule has 0 spiro atoms. The van der Waals surface area contributed by atoms with Crippen LogP contribution in [0.15, 0.2) is 47.4 Å². The number of nitrogens with one attached hydrogen (secondary N) is 3. The van der Waals surface area contributed by atoms with Gasteiger partial charge in [-0.05, 0) is 55.8 Å². The lowest BCUT2D eigenvalue weighted by atomic mass is 10.1. The Morgan fingerprint density at radius 3 is 2.73 bits per heavy atom. The zero-order valence-electron chi connectivity index (χ0n) is 14.3. The second-order valence-electron chi connectivity index (χ2n) is 6.26. The van der Waals surface area contributed by atoms with Gasteiger partial charge in [0.05, 0.1) is 10.6 Å². The zero-order chi connectivity index (χ0) is 18.7. The SMILES string of the molecule is Cc1ccc(C(=O)NC2CCNC2)cc1S(=O)(=O)Nc1cccc(Cl)c1. The molecule has 26 heavy (non-hydrogen) atoms. The molecule has 1 heterocycles. The first kappa shape index (κ1) is 18.7. The van der Waals surface area contributed by atoms with E-state index in [-0.39, 0.29) is 16.8 Å². The van der Waals surface area contributed by atoms with Crippen molar-refractivity contribution in [3.8, 4) is 0 Å². The van der Waals surface area contributed by atoms with E-state index in [1.54, 1.807) is 37.3 Å². The van der Waals surface area contributed by atoms with Gasteiger partial charge in [0.25, 0.3) is 15.9 Å². The second kappa shape index (κ2) is 7.65. The Bertz CT molecular complexity index is 925. The molecule has 8 heteroatoms. The van der Waals surface area contributed by atoms with E-state index in [9.17, 15) is 13.2 Å². The summed E-state index contributed by atoms with van der Waals surface area (Å²) in [5, 5.41) is 6.52. The van der Waals surface area contributed by atoms with Crippen molar-refractivity contribution in [3.63, 3.8) is 0 Å². The van der Waals surface area contributed by atoms with Crippen molar-refractivity contribution in [1.82, 2.24) is 10.6 Å². The second-order valence-corrected chi connectivity index (χ2v) is 8.35. The van der Waals surface area contributed by atoms with Gasteiger partial charge in [-0.2, -0.15) is 0 Å². The summed E-state index contributed by atoms with van der Waals surface area (Å²) in [4.78, 5) is 12.5. The number of hydrogen-bond acceptors (Lipinski definition) is 4. The summed E-state index contributed by atoms with van der Waals surface area (Å²) in [6, 6.07) is 11.2. The van der Waals surface area contributed by atoms with Gasteiger partial charge in [0, 0.05) is 23.2 Å². The number of anilines is 1. The van der Waals surface area contributed by atoms with Crippen LogP contribution in [0.1, 0.15) is 22.3 Å². The molecular formula is C18H20ClN3O3S. The fraction of sp³-hybridized carbons (Fsp3) is 0.278. The van der Waals surface area contributed by atoms with Crippen LogP contribution < -0.4 is 15.4 Å². The van der Waals surface area contributed by atoms with Crippen molar-refractivity contribution >= 4 is 33.2 Å². The minimum absolute atomic E-state index is 0.0634. The Kier molecular flexibility index (Phi) is 5.50. The molecule has 1 saturated heterocycles. The lowest BCUT2D eigenvalue weighted by molar-refractivity contribution is 0.0940. The van der Waals surface area contributed by atoms with Gasteiger partial charge >= 0.3 is 0 Å². The topological polar surface area (TPSA) is 87.3 Å². The predicted octanol–water partition coefficient (Wildman–Crippen LogP) is 2.54. The van der Waals surface area contributed by atoms with Crippen LogP contribution in [0.5, 0.6) is 0 Å². The smallest absolute Gasteiger partial charge is 0.262 e. The number of benzene rings is 2. The molecule has 0 aromatic heterocycles. The minimum atomic E-state index is -3.85. The van der Waals surface area contributed by atoms with Crippen LogP contribution in [0.4, 0.5) is 5.69 Å². The lowest BCUT2D eigenvalue weighted by Crippen LogP contribution is -2.36. The van der Waals surface area contributed by atoms with Crippen LogP contribution >= 0.6 is 11.6 Å². The van der Waals surface area contributed by atoms with Crippen molar-refractivity contribution in [1.29, 1.82) is 0 Å². The zero-order valence-corrected chi connectivity index (χ0v) is 15.8. The van der Waals surface area contributed by atoms with Gasteiger partial charge in [0.1, 0.15) is 0 Å². The molecule has 1 aliphatic rings. The van der Waals surface area contributed by atoms with E-state index in [4.69, 9.17) is 11.6 Å². The lowest BCUT2D eigenvalue weighted by Gasteiger charge is -2.14. The van der Waals surface area contributed by atoms with Crippen LogP contribution in [-0.2, 0) is 10.0 Å². The van der Waals surface area contributed by atoms with Crippen LogP contribution in [0.3, 0.4) is 0 Å². The summed E-state index contributed by atoms with van der Waals surface area (Å²) >= 11 is 5.91. The van der Waals surface area contributed by atoms with E-state index in [2.05, 4.69) is 15.4 Å². The van der Waals surface area contributed by atoms with Gasteiger partial charge in [0.2, 0.25) is 0 Å². The first-order valence-corrected chi connectivity index (χ1v) is 10.1. The molecular weight excluding hydrogens is 374 g/mol. The summed E-state index contributed by atoms with van der Waals surface area (Å²) in [7, 11) is -3.85. The Morgan fingerprint density at radius 2 is 2.04 bits per heavy atom. The van der Waals surface area contributed by atoms with E-state index in [0.717, 1.165) is 19.5 Å². The Labute approximate surface area is 158 Å². The molecule has 0 bridgehead atoms. The molecule has 1 atom stereocenters. The summed E-state index contributed by atoms with van der Waals surface area (Å²) in [6.07, 6.45) is 0.860. The highest BCUT2D eigenvalue weighted by Gasteiger charge is 2.21. The molecule has 0 radical (unpaired) electrons. The number of halogens is 1. The maximum absolute atomic E-state index is 12.8. The van der Waals surface area contributed by atoms with E-state index in [1.165, 1.54) is 12.1 Å². The highest BCUT2D eigenvalue weighted by molar-refractivity contribution is 7.92. The standard InChI is InChI=1S/C18H20ClN3O3S/c1-12-5-6-13(18(23)21-16-7-8-20-11-16)9-17(12)26(24,25)22-15-4-2-3-14(19)10-15/h2-6,9-10,16,20,22H,7-8,11H2,1H3,(H,21,23). The number of carbonyl (C=O) groups is 1. The molecule has 0 aliphatic carbocycles. The highest BCUT2D eigenvalue weighted by atomic mass is 35.5. The molecule has 6 nitrogen and oxygen atoms in total. The summed E-state index contributed by atoms with van der Waals surface area (Å²) < 4.78 is 28.0. The maximum atomic E-state index is 12.8. The van der Waals surface area contributed by atoms with Crippen LogP contribution in [0.25, 0.3) is 0 Å². The quantitative estimate of drug-likeness (QED) is 0.728. The Morgan fingerprint density at radius 1 is 1.23 bits per heavy atom. The Hall–Kier alpha value is -2.09. The van der Waals surface area contributed by atoms with Gasteiger partial charge < -0.3 is 10.6 Å². The third-order valence-corrected chi connectivity index (χ3v) is 5.97. The largest absolute Gasteiger partial charge is 0.348 e. The number of hydrogen-bond donors (Lipinski definition) is 3. The van der Waals surface area contributed by atoms with Crippen molar-refractivity contribution < 1.29 is 13.2 Å². The van der Waals surface area contributed by atoms with Gasteiger partial charge in [-0.25, -0.2) is 8.42 Å². The minimum Gasteiger partial charge on any atom is -0.348 e.